The average molecular weight is 425 g/mol. The van der Waals surface area contributed by atoms with Gasteiger partial charge in [0.15, 0.2) is 0 Å². The number of piperazine rings is 1. The summed E-state index contributed by atoms with van der Waals surface area (Å²) in [5.41, 5.74) is 0.986. The van der Waals surface area contributed by atoms with Crippen LogP contribution >= 0.6 is 0 Å². The maximum Gasteiger partial charge on any atom is 0.243 e. The Morgan fingerprint density at radius 3 is 2.00 bits per heavy atom. The lowest BCUT2D eigenvalue weighted by atomic mass is 10.2. The predicted octanol–water partition coefficient (Wildman–Crippen LogP) is 4.00. The highest BCUT2D eigenvalue weighted by Crippen LogP contribution is 2.30. The Morgan fingerprint density at radius 2 is 1.33 bits per heavy atom. The van der Waals surface area contributed by atoms with E-state index in [9.17, 15) is 8.42 Å². The average Bonchev–Trinajstić information content (AvgIpc) is 2.80. The first-order chi connectivity index (χ1) is 14.6. The molecule has 3 aromatic rings. The molecule has 0 N–H and O–H groups in total. The molecular formula is C23H24N2O4S. The number of anilines is 1. The van der Waals surface area contributed by atoms with Crippen molar-refractivity contribution in [3.63, 3.8) is 0 Å². The van der Waals surface area contributed by atoms with E-state index in [1.807, 2.05) is 54.6 Å². The Balaban J connectivity index is 1.43. The summed E-state index contributed by atoms with van der Waals surface area (Å²) in [7, 11) is -1.91. The Bertz CT molecular complexity index is 1080. The molecule has 1 saturated heterocycles. The van der Waals surface area contributed by atoms with Gasteiger partial charge < -0.3 is 14.4 Å². The second kappa shape index (κ2) is 8.77. The van der Waals surface area contributed by atoms with Crippen LogP contribution in [-0.2, 0) is 10.0 Å². The molecule has 1 fully saturated rings. The molecule has 4 rings (SSSR count). The summed E-state index contributed by atoms with van der Waals surface area (Å²) in [5, 5.41) is 0. The van der Waals surface area contributed by atoms with E-state index < -0.39 is 10.0 Å². The number of rotatable bonds is 6. The molecule has 0 unspecified atom stereocenters. The molecule has 156 valence electrons. The van der Waals surface area contributed by atoms with Crippen molar-refractivity contribution >= 4 is 15.7 Å². The van der Waals surface area contributed by atoms with Crippen LogP contribution < -0.4 is 14.4 Å². The minimum Gasteiger partial charge on any atom is -0.495 e. The van der Waals surface area contributed by atoms with E-state index in [2.05, 4.69) is 4.90 Å². The predicted molar refractivity (Wildman–Crippen MR) is 117 cm³/mol. The van der Waals surface area contributed by atoms with Gasteiger partial charge in [0.25, 0.3) is 0 Å². The van der Waals surface area contributed by atoms with E-state index >= 15 is 0 Å². The Kier molecular flexibility index (Phi) is 5.92. The summed E-state index contributed by atoms with van der Waals surface area (Å²) in [5.74, 6) is 2.10. The number of methoxy groups -OCH3 is 1. The lowest BCUT2D eigenvalue weighted by Crippen LogP contribution is -2.48. The van der Waals surface area contributed by atoms with Crippen molar-refractivity contribution in [2.75, 3.05) is 38.2 Å². The molecule has 30 heavy (non-hydrogen) atoms. The highest BCUT2D eigenvalue weighted by Gasteiger charge is 2.29. The van der Waals surface area contributed by atoms with Gasteiger partial charge in [0, 0.05) is 26.2 Å². The molecule has 6 nitrogen and oxygen atoms in total. The highest BCUT2D eigenvalue weighted by molar-refractivity contribution is 7.89. The molecule has 3 aromatic carbocycles. The fraction of sp³-hybridized carbons (Fsp3) is 0.217. The molecule has 1 aliphatic heterocycles. The molecule has 0 spiro atoms. The maximum atomic E-state index is 13.1. The van der Waals surface area contributed by atoms with Gasteiger partial charge in [-0.2, -0.15) is 4.31 Å². The molecule has 0 atom stereocenters. The third-order valence-electron chi connectivity index (χ3n) is 5.10. The van der Waals surface area contributed by atoms with Crippen LogP contribution in [0.15, 0.2) is 83.8 Å². The van der Waals surface area contributed by atoms with Gasteiger partial charge in [0.2, 0.25) is 10.0 Å². The van der Waals surface area contributed by atoms with Gasteiger partial charge in [-0.05, 0) is 48.5 Å². The third-order valence-corrected chi connectivity index (χ3v) is 7.02. The van der Waals surface area contributed by atoms with Crippen LogP contribution in [0, 0.1) is 0 Å². The van der Waals surface area contributed by atoms with Crippen LogP contribution in [-0.4, -0.2) is 46.0 Å². The zero-order valence-electron chi connectivity index (χ0n) is 16.8. The van der Waals surface area contributed by atoms with Gasteiger partial charge in [-0.25, -0.2) is 8.42 Å². The Morgan fingerprint density at radius 1 is 0.733 bits per heavy atom. The molecule has 0 aromatic heterocycles. The molecular weight excluding hydrogens is 400 g/mol. The highest BCUT2D eigenvalue weighted by atomic mass is 32.2. The number of hydrogen-bond acceptors (Lipinski definition) is 5. The first-order valence-electron chi connectivity index (χ1n) is 9.79. The van der Waals surface area contributed by atoms with Gasteiger partial charge >= 0.3 is 0 Å². The van der Waals surface area contributed by atoms with Crippen LogP contribution in [0.1, 0.15) is 0 Å². The smallest absolute Gasteiger partial charge is 0.243 e. The number of nitrogens with zero attached hydrogens (tertiary/aromatic N) is 2. The molecule has 7 heteroatoms. The van der Waals surface area contributed by atoms with Crippen molar-refractivity contribution in [3.05, 3.63) is 78.9 Å². The topological polar surface area (TPSA) is 59.1 Å². The lowest BCUT2D eigenvalue weighted by Gasteiger charge is -2.35. The summed E-state index contributed by atoms with van der Waals surface area (Å²) in [6, 6.07) is 23.8. The SMILES string of the molecule is COc1ccccc1N1CCN(S(=O)(=O)c2ccc(Oc3ccccc3)cc2)CC1. The van der Waals surface area contributed by atoms with E-state index in [0.717, 1.165) is 11.4 Å². The number of ether oxygens (including phenoxy) is 2. The second-order valence-corrected chi connectivity index (χ2v) is 8.89. The normalized spacial score (nSPS) is 15.0. The van der Waals surface area contributed by atoms with E-state index in [-0.39, 0.29) is 4.90 Å². The Hall–Kier alpha value is -3.03. The number of benzene rings is 3. The molecule has 0 amide bonds. The van der Waals surface area contributed by atoms with E-state index in [1.165, 1.54) is 4.31 Å². The maximum absolute atomic E-state index is 13.1. The van der Waals surface area contributed by atoms with Crippen molar-refractivity contribution in [1.82, 2.24) is 4.31 Å². The van der Waals surface area contributed by atoms with Crippen molar-refractivity contribution in [1.29, 1.82) is 0 Å². The van der Waals surface area contributed by atoms with Crippen LogP contribution in [0.2, 0.25) is 0 Å². The van der Waals surface area contributed by atoms with Gasteiger partial charge in [0.1, 0.15) is 17.2 Å². The van der Waals surface area contributed by atoms with Crippen molar-refractivity contribution in [2.45, 2.75) is 4.90 Å². The summed E-state index contributed by atoms with van der Waals surface area (Å²) in [6.07, 6.45) is 0. The summed E-state index contributed by atoms with van der Waals surface area (Å²) in [6.45, 7) is 2.05. The molecule has 0 bridgehead atoms. The van der Waals surface area contributed by atoms with Gasteiger partial charge in [-0.3, -0.25) is 0 Å². The van der Waals surface area contributed by atoms with Crippen LogP contribution in [0.3, 0.4) is 0 Å². The quantitative estimate of drug-likeness (QED) is 0.599. The van der Waals surface area contributed by atoms with Gasteiger partial charge in [-0.1, -0.05) is 30.3 Å². The van der Waals surface area contributed by atoms with Crippen molar-refractivity contribution in [2.24, 2.45) is 0 Å². The molecule has 1 aliphatic rings. The van der Waals surface area contributed by atoms with E-state index in [4.69, 9.17) is 9.47 Å². The molecule has 0 saturated carbocycles. The summed E-state index contributed by atoms with van der Waals surface area (Å²) >= 11 is 0. The third kappa shape index (κ3) is 4.27. The number of para-hydroxylation sites is 3. The van der Waals surface area contributed by atoms with Crippen LogP contribution in [0.25, 0.3) is 0 Å². The van der Waals surface area contributed by atoms with E-state index in [0.29, 0.717) is 37.7 Å². The van der Waals surface area contributed by atoms with Crippen molar-refractivity contribution < 1.29 is 17.9 Å². The summed E-state index contributed by atoms with van der Waals surface area (Å²) < 4.78 is 38.8. The van der Waals surface area contributed by atoms with Crippen LogP contribution in [0.4, 0.5) is 5.69 Å². The zero-order chi connectivity index (χ0) is 21.0. The van der Waals surface area contributed by atoms with Gasteiger partial charge in [0.05, 0.1) is 17.7 Å². The van der Waals surface area contributed by atoms with E-state index in [1.54, 1.807) is 31.4 Å². The number of hydrogen-bond donors (Lipinski definition) is 0. The van der Waals surface area contributed by atoms with Crippen molar-refractivity contribution in [3.8, 4) is 17.2 Å². The second-order valence-electron chi connectivity index (χ2n) is 6.95. The standard InChI is InChI=1S/C23H24N2O4S/c1-28-23-10-6-5-9-22(23)24-15-17-25(18-16-24)30(26,27)21-13-11-20(12-14-21)29-19-7-3-2-4-8-19/h2-14H,15-18H2,1H3. The minimum absolute atomic E-state index is 0.272. The zero-order valence-corrected chi connectivity index (χ0v) is 17.6. The number of sulfonamides is 1. The molecule has 0 aliphatic carbocycles. The Labute approximate surface area is 177 Å². The summed E-state index contributed by atoms with van der Waals surface area (Å²) in [4.78, 5) is 2.43. The molecule has 0 radical (unpaired) electrons. The largest absolute Gasteiger partial charge is 0.495 e. The molecule has 1 heterocycles. The fourth-order valence-electron chi connectivity index (χ4n) is 3.51. The first-order valence-corrected chi connectivity index (χ1v) is 11.2. The minimum atomic E-state index is -3.55. The first kappa shape index (κ1) is 20.3. The fourth-order valence-corrected chi connectivity index (χ4v) is 4.94. The van der Waals surface area contributed by atoms with Gasteiger partial charge in [-0.15, -0.1) is 0 Å². The van der Waals surface area contributed by atoms with Crippen LogP contribution in [0.5, 0.6) is 17.2 Å². The lowest BCUT2D eigenvalue weighted by molar-refractivity contribution is 0.378. The monoisotopic (exact) mass is 424 g/mol.